The van der Waals surface area contributed by atoms with Crippen molar-refractivity contribution in [3.05, 3.63) is 39.0 Å². The number of nitro groups is 1. The van der Waals surface area contributed by atoms with Gasteiger partial charge in [0, 0.05) is 11.1 Å². The number of nitrogens with zero attached hydrogens (tertiary/aromatic N) is 4. The maximum atomic E-state index is 11.1. The first-order valence-electron chi connectivity index (χ1n) is 5.57. The standard InChI is InChI=1S/C11H12ClN5O2/c1-6(2)10-11(13)14-15-16(10)9-5-7(12)3-4-8(9)17(18)19/h3-6H,13H2,1-2H3. The molecule has 0 atom stereocenters. The predicted molar refractivity (Wildman–Crippen MR) is 71.5 cm³/mol. The molecule has 2 N–H and O–H groups in total. The number of nitro benzene ring substituents is 1. The molecule has 0 unspecified atom stereocenters. The molecule has 2 aromatic rings. The van der Waals surface area contributed by atoms with Crippen molar-refractivity contribution in [3.63, 3.8) is 0 Å². The van der Waals surface area contributed by atoms with Crippen molar-refractivity contribution in [2.45, 2.75) is 19.8 Å². The lowest BCUT2D eigenvalue weighted by atomic mass is 10.1. The lowest BCUT2D eigenvalue weighted by Crippen LogP contribution is -2.08. The first-order chi connectivity index (χ1) is 8.91. The van der Waals surface area contributed by atoms with Crippen LogP contribution in [-0.2, 0) is 0 Å². The Morgan fingerprint density at radius 1 is 1.47 bits per heavy atom. The highest BCUT2D eigenvalue weighted by molar-refractivity contribution is 6.30. The second kappa shape index (κ2) is 4.85. The number of anilines is 1. The summed E-state index contributed by atoms with van der Waals surface area (Å²) in [5.74, 6) is 0.276. The summed E-state index contributed by atoms with van der Waals surface area (Å²) in [5, 5.41) is 19.1. The highest BCUT2D eigenvalue weighted by atomic mass is 35.5. The molecular formula is C11H12ClN5O2. The largest absolute Gasteiger partial charge is 0.381 e. The molecule has 2 rings (SSSR count). The summed E-state index contributed by atoms with van der Waals surface area (Å²) in [6.45, 7) is 3.81. The maximum Gasteiger partial charge on any atom is 0.295 e. The van der Waals surface area contributed by atoms with Crippen molar-refractivity contribution in [1.29, 1.82) is 0 Å². The fourth-order valence-corrected chi connectivity index (χ4v) is 2.01. The van der Waals surface area contributed by atoms with E-state index in [0.717, 1.165) is 0 Å². The van der Waals surface area contributed by atoms with Crippen molar-refractivity contribution in [1.82, 2.24) is 15.0 Å². The third-order valence-corrected chi connectivity index (χ3v) is 2.88. The van der Waals surface area contributed by atoms with Crippen LogP contribution in [0.3, 0.4) is 0 Å². The van der Waals surface area contributed by atoms with Gasteiger partial charge in [-0.2, -0.15) is 0 Å². The van der Waals surface area contributed by atoms with Crippen LogP contribution in [-0.4, -0.2) is 19.9 Å². The molecule has 100 valence electrons. The minimum absolute atomic E-state index is 0.0218. The number of aromatic nitrogens is 3. The Balaban J connectivity index is 2.71. The molecule has 1 aromatic carbocycles. The Bertz CT molecular complexity index is 638. The third-order valence-electron chi connectivity index (χ3n) is 2.64. The molecule has 0 aliphatic carbocycles. The highest BCUT2D eigenvalue weighted by Crippen LogP contribution is 2.30. The second-order valence-corrected chi connectivity index (χ2v) is 4.75. The van der Waals surface area contributed by atoms with Crippen molar-refractivity contribution < 1.29 is 4.92 Å². The Morgan fingerprint density at radius 3 is 2.74 bits per heavy atom. The van der Waals surface area contributed by atoms with Gasteiger partial charge in [0.1, 0.15) is 5.69 Å². The van der Waals surface area contributed by atoms with E-state index in [2.05, 4.69) is 10.3 Å². The average molecular weight is 282 g/mol. The number of hydrogen-bond donors (Lipinski definition) is 1. The summed E-state index contributed by atoms with van der Waals surface area (Å²) < 4.78 is 1.37. The number of rotatable bonds is 3. The van der Waals surface area contributed by atoms with E-state index in [1.807, 2.05) is 13.8 Å². The molecule has 0 aliphatic heterocycles. The van der Waals surface area contributed by atoms with Crippen LogP contribution in [0.4, 0.5) is 11.5 Å². The molecule has 8 heteroatoms. The van der Waals surface area contributed by atoms with Gasteiger partial charge in [-0.05, 0) is 18.1 Å². The van der Waals surface area contributed by atoms with E-state index in [4.69, 9.17) is 17.3 Å². The summed E-state index contributed by atoms with van der Waals surface area (Å²) in [6.07, 6.45) is 0. The fraction of sp³-hybridized carbons (Fsp3) is 0.273. The minimum atomic E-state index is -0.492. The van der Waals surface area contributed by atoms with Crippen LogP contribution in [0.25, 0.3) is 5.69 Å². The van der Waals surface area contributed by atoms with Gasteiger partial charge in [0.25, 0.3) is 5.69 Å². The lowest BCUT2D eigenvalue weighted by Gasteiger charge is -2.10. The number of halogens is 1. The molecule has 0 aliphatic rings. The van der Waals surface area contributed by atoms with Gasteiger partial charge in [0.2, 0.25) is 0 Å². The first-order valence-corrected chi connectivity index (χ1v) is 5.95. The Morgan fingerprint density at radius 2 is 2.16 bits per heavy atom. The van der Waals surface area contributed by atoms with Crippen molar-refractivity contribution in [2.24, 2.45) is 0 Å². The lowest BCUT2D eigenvalue weighted by molar-refractivity contribution is -0.384. The van der Waals surface area contributed by atoms with Crippen LogP contribution >= 0.6 is 11.6 Å². The van der Waals surface area contributed by atoms with Gasteiger partial charge < -0.3 is 5.73 Å². The van der Waals surface area contributed by atoms with Gasteiger partial charge in [-0.3, -0.25) is 10.1 Å². The number of benzene rings is 1. The molecule has 1 heterocycles. The topological polar surface area (TPSA) is 99.9 Å². The molecule has 0 amide bonds. The van der Waals surface area contributed by atoms with E-state index < -0.39 is 4.92 Å². The van der Waals surface area contributed by atoms with Gasteiger partial charge in [-0.1, -0.05) is 30.7 Å². The smallest absolute Gasteiger partial charge is 0.295 e. The molecule has 19 heavy (non-hydrogen) atoms. The van der Waals surface area contributed by atoms with Crippen molar-refractivity contribution in [2.75, 3.05) is 5.73 Å². The molecule has 0 saturated carbocycles. The van der Waals surface area contributed by atoms with Gasteiger partial charge in [0.15, 0.2) is 5.82 Å². The van der Waals surface area contributed by atoms with Crippen LogP contribution < -0.4 is 5.73 Å². The van der Waals surface area contributed by atoms with Gasteiger partial charge in [-0.15, -0.1) is 5.10 Å². The van der Waals surface area contributed by atoms with Gasteiger partial charge >= 0.3 is 0 Å². The molecule has 0 saturated heterocycles. The van der Waals surface area contributed by atoms with E-state index in [1.54, 1.807) is 0 Å². The maximum absolute atomic E-state index is 11.1. The monoisotopic (exact) mass is 281 g/mol. The normalized spacial score (nSPS) is 10.9. The quantitative estimate of drug-likeness (QED) is 0.688. The minimum Gasteiger partial charge on any atom is -0.381 e. The fourth-order valence-electron chi connectivity index (χ4n) is 1.84. The van der Waals surface area contributed by atoms with Crippen LogP contribution in [0.5, 0.6) is 0 Å². The van der Waals surface area contributed by atoms with Crippen LogP contribution in [0, 0.1) is 10.1 Å². The van der Waals surface area contributed by atoms with Crippen LogP contribution in [0.15, 0.2) is 18.2 Å². The zero-order valence-corrected chi connectivity index (χ0v) is 11.1. The summed E-state index contributed by atoms with van der Waals surface area (Å²) in [5.41, 5.74) is 6.52. The Kier molecular flexibility index (Phi) is 3.39. The Labute approximate surface area is 114 Å². The summed E-state index contributed by atoms with van der Waals surface area (Å²) in [6, 6.07) is 4.26. The Hall–Kier alpha value is -2.15. The number of hydrogen-bond acceptors (Lipinski definition) is 5. The molecule has 0 fully saturated rings. The second-order valence-electron chi connectivity index (χ2n) is 4.32. The first kappa shape index (κ1) is 13.3. The summed E-state index contributed by atoms with van der Waals surface area (Å²) >= 11 is 5.89. The average Bonchev–Trinajstić information content (AvgIpc) is 2.70. The van der Waals surface area contributed by atoms with Crippen LogP contribution in [0.2, 0.25) is 5.02 Å². The highest BCUT2D eigenvalue weighted by Gasteiger charge is 2.22. The molecule has 0 radical (unpaired) electrons. The summed E-state index contributed by atoms with van der Waals surface area (Å²) in [7, 11) is 0. The zero-order chi connectivity index (χ0) is 14.2. The molecule has 1 aromatic heterocycles. The zero-order valence-electron chi connectivity index (χ0n) is 10.4. The molecule has 0 bridgehead atoms. The molecule has 7 nitrogen and oxygen atoms in total. The van der Waals surface area contributed by atoms with Crippen molar-refractivity contribution >= 4 is 23.1 Å². The van der Waals surface area contributed by atoms with E-state index in [9.17, 15) is 10.1 Å². The third kappa shape index (κ3) is 2.37. The molecule has 0 spiro atoms. The van der Waals surface area contributed by atoms with E-state index in [-0.39, 0.29) is 23.1 Å². The van der Waals surface area contributed by atoms with Gasteiger partial charge in [-0.25, -0.2) is 4.68 Å². The van der Waals surface area contributed by atoms with Gasteiger partial charge in [0.05, 0.1) is 10.6 Å². The van der Waals surface area contributed by atoms with E-state index in [0.29, 0.717) is 10.7 Å². The van der Waals surface area contributed by atoms with E-state index >= 15 is 0 Å². The summed E-state index contributed by atoms with van der Waals surface area (Å²) in [4.78, 5) is 10.6. The van der Waals surface area contributed by atoms with Crippen LogP contribution in [0.1, 0.15) is 25.5 Å². The molecular weight excluding hydrogens is 270 g/mol. The number of nitrogens with two attached hydrogens (primary N) is 1. The van der Waals surface area contributed by atoms with E-state index in [1.165, 1.54) is 22.9 Å². The van der Waals surface area contributed by atoms with Crippen molar-refractivity contribution in [3.8, 4) is 5.69 Å². The SMILES string of the molecule is CC(C)c1c(N)nnn1-c1cc(Cl)ccc1[N+](=O)[O-]. The predicted octanol–water partition coefficient (Wildman–Crippen LogP) is 2.53. The number of nitrogen functional groups attached to an aromatic ring is 1.